The van der Waals surface area contributed by atoms with Crippen molar-refractivity contribution in [3.8, 4) is 0 Å². The molecule has 0 fully saturated rings. The molecular weight excluding hydrogens is 358 g/mol. The summed E-state index contributed by atoms with van der Waals surface area (Å²) in [5.41, 5.74) is 1.96. The molecule has 0 aliphatic heterocycles. The zero-order valence-electron chi connectivity index (χ0n) is 14.6. The van der Waals surface area contributed by atoms with E-state index in [0.29, 0.717) is 17.7 Å². The molecule has 0 saturated heterocycles. The summed E-state index contributed by atoms with van der Waals surface area (Å²) in [5.74, 6) is 0.214. The number of nitro groups is 1. The molecule has 0 bridgehead atoms. The Morgan fingerprint density at radius 3 is 2.61 bits per heavy atom. The Hall–Kier alpha value is -4.14. The van der Waals surface area contributed by atoms with Gasteiger partial charge in [-0.15, -0.1) is 0 Å². The number of anilines is 3. The molecule has 4 aromatic rings. The summed E-state index contributed by atoms with van der Waals surface area (Å²) in [7, 11) is 0. The van der Waals surface area contributed by atoms with E-state index in [1.165, 1.54) is 6.33 Å². The second kappa shape index (κ2) is 7.62. The van der Waals surface area contributed by atoms with Gasteiger partial charge >= 0.3 is 5.69 Å². The molecule has 3 heterocycles. The highest BCUT2D eigenvalue weighted by molar-refractivity contribution is 5.92. The summed E-state index contributed by atoms with van der Waals surface area (Å²) in [6.07, 6.45) is 6.29. The van der Waals surface area contributed by atoms with E-state index in [9.17, 15) is 10.1 Å². The monoisotopic (exact) mass is 373 g/mol. The van der Waals surface area contributed by atoms with Crippen LogP contribution in [0.3, 0.4) is 0 Å². The summed E-state index contributed by atoms with van der Waals surface area (Å²) >= 11 is 0. The Kier molecular flexibility index (Phi) is 4.70. The van der Waals surface area contributed by atoms with Crippen LogP contribution in [0.2, 0.25) is 0 Å². The third kappa shape index (κ3) is 3.54. The lowest BCUT2D eigenvalue weighted by Crippen LogP contribution is -2.08. The van der Waals surface area contributed by atoms with Crippen molar-refractivity contribution in [3.05, 3.63) is 83.1 Å². The first-order valence-electron chi connectivity index (χ1n) is 8.45. The standard InChI is InChI=1S/C19H15N7O2/c27-26(28)17-18(22-11-13-4-2-8-20-10-13)23-12-24-19(17)25-15-7-1-5-14-6-3-9-21-16(14)15/h1-10,12H,11H2,(H2,22,23,24,25). The van der Waals surface area contributed by atoms with E-state index < -0.39 is 4.92 Å². The molecule has 4 rings (SSSR count). The van der Waals surface area contributed by atoms with Crippen LogP contribution in [0.5, 0.6) is 0 Å². The van der Waals surface area contributed by atoms with Crippen LogP contribution in [0.25, 0.3) is 10.9 Å². The van der Waals surface area contributed by atoms with Gasteiger partial charge in [0.15, 0.2) is 0 Å². The fourth-order valence-corrected chi connectivity index (χ4v) is 2.79. The van der Waals surface area contributed by atoms with Crippen molar-refractivity contribution in [1.29, 1.82) is 0 Å². The van der Waals surface area contributed by atoms with Gasteiger partial charge in [0.05, 0.1) is 16.1 Å². The van der Waals surface area contributed by atoms with Crippen molar-refractivity contribution in [2.75, 3.05) is 10.6 Å². The van der Waals surface area contributed by atoms with Crippen LogP contribution in [0, 0.1) is 10.1 Å². The molecule has 9 heteroatoms. The molecule has 0 atom stereocenters. The van der Waals surface area contributed by atoms with E-state index in [2.05, 4.69) is 30.6 Å². The lowest BCUT2D eigenvalue weighted by Gasteiger charge is -2.11. The van der Waals surface area contributed by atoms with E-state index in [-0.39, 0.29) is 17.3 Å². The maximum atomic E-state index is 11.7. The Morgan fingerprint density at radius 1 is 0.964 bits per heavy atom. The zero-order chi connectivity index (χ0) is 19.3. The molecule has 138 valence electrons. The van der Waals surface area contributed by atoms with Crippen LogP contribution in [0.15, 0.2) is 67.4 Å². The summed E-state index contributed by atoms with van der Waals surface area (Å²) < 4.78 is 0. The minimum Gasteiger partial charge on any atom is -0.360 e. The van der Waals surface area contributed by atoms with Crippen LogP contribution in [-0.4, -0.2) is 24.9 Å². The largest absolute Gasteiger partial charge is 0.360 e. The lowest BCUT2D eigenvalue weighted by atomic mass is 10.2. The van der Waals surface area contributed by atoms with Crippen LogP contribution >= 0.6 is 0 Å². The molecule has 0 amide bonds. The Balaban J connectivity index is 1.68. The fraction of sp³-hybridized carbons (Fsp3) is 0.0526. The highest BCUT2D eigenvalue weighted by Gasteiger charge is 2.23. The molecule has 0 aliphatic carbocycles. The molecule has 9 nitrogen and oxygen atoms in total. The van der Waals surface area contributed by atoms with Gasteiger partial charge < -0.3 is 10.6 Å². The zero-order valence-corrected chi connectivity index (χ0v) is 14.6. The van der Waals surface area contributed by atoms with Gasteiger partial charge in [-0.25, -0.2) is 9.97 Å². The number of hydrogen-bond donors (Lipinski definition) is 2. The molecule has 0 unspecified atom stereocenters. The van der Waals surface area contributed by atoms with Crippen LogP contribution in [0.4, 0.5) is 23.0 Å². The Labute approximate surface area is 159 Å². The molecule has 28 heavy (non-hydrogen) atoms. The van der Waals surface area contributed by atoms with Crippen molar-refractivity contribution in [2.24, 2.45) is 0 Å². The van der Waals surface area contributed by atoms with E-state index >= 15 is 0 Å². The summed E-state index contributed by atoms with van der Waals surface area (Å²) in [6.45, 7) is 0.348. The SMILES string of the molecule is O=[N+]([O-])c1c(NCc2cccnc2)ncnc1Nc1cccc2cccnc12. The Morgan fingerprint density at radius 2 is 1.79 bits per heavy atom. The first-order valence-corrected chi connectivity index (χ1v) is 8.45. The minimum absolute atomic E-state index is 0.0897. The van der Waals surface area contributed by atoms with Gasteiger partial charge in [-0.3, -0.25) is 20.1 Å². The number of aromatic nitrogens is 4. The minimum atomic E-state index is -0.507. The number of pyridine rings is 2. The predicted molar refractivity (Wildman–Crippen MR) is 105 cm³/mol. The second-order valence-corrected chi connectivity index (χ2v) is 5.90. The van der Waals surface area contributed by atoms with E-state index in [1.54, 1.807) is 30.7 Å². The molecule has 2 N–H and O–H groups in total. The van der Waals surface area contributed by atoms with Crippen LogP contribution in [0.1, 0.15) is 5.56 Å². The topological polar surface area (TPSA) is 119 Å². The van der Waals surface area contributed by atoms with Gasteiger partial charge in [-0.05, 0) is 23.8 Å². The quantitative estimate of drug-likeness (QED) is 0.388. The molecule has 0 saturated carbocycles. The average molecular weight is 373 g/mol. The van der Waals surface area contributed by atoms with Crippen molar-refractivity contribution in [2.45, 2.75) is 6.54 Å². The maximum absolute atomic E-state index is 11.7. The van der Waals surface area contributed by atoms with Crippen molar-refractivity contribution >= 4 is 33.9 Å². The normalized spacial score (nSPS) is 10.6. The third-order valence-electron chi connectivity index (χ3n) is 4.07. The number of benzene rings is 1. The van der Waals surface area contributed by atoms with E-state index in [4.69, 9.17) is 0 Å². The van der Waals surface area contributed by atoms with Crippen molar-refractivity contribution in [1.82, 2.24) is 19.9 Å². The highest BCUT2D eigenvalue weighted by atomic mass is 16.6. The van der Waals surface area contributed by atoms with Crippen LogP contribution in [-0.2, 0) is 6.54 Å². The van der Waals surface area contributed by atoms with Crippen molar-refractivity contribution in [3.63, 3.8) is 0 Å². The number of nitrogens with zero attached hydrogens (tertiary/aromatic N) is 5. The summed E-state index contributed by atoms with van der Waals surface area (Å²) in [6, 6.07) is 13.0. The fourth-order valence-electron chi connectivity index (χ4n) is 2.79. The van der Waals surface area contributed by atoms with E-state index in [1.807, 2.05) is 30.3 Å². The number of fused-ring (bicyclic) bond motifs is 1. The van der Waals surface area contributed by atoms with Gasteiger partial charge in [0, 0.05) is 30.5 Å². The first-order chi connectivity index (χ1) is 13.7. The summed E-state index contributed by atoms with van der Waals surface area (Å²) in [4.78, 5) is 27.7. The number of para-hydroxylation sites is 1. The molecule has 1 aromatic carbocycles. The average Bonchev–Trinajstić information content (AvgIpc) is 2.73. The number of rotatable bonds is 6. The predicted octanol–water partition coefficient (Wildman–Crippen LogP) is 3.68. The third-order valence-corrected chi connectivity index (χ3v) is 4.07. The van der Waals surface area contributed by atoms with Crippen molar-refractivity contribution < 1.29 is 4.92 Å². The summed E-state index contributed by atoms with van der Waals surface area (Å²) in [5, 5.41) is 18.7. The number of nitrogens with one attached hydrogen (secondary N) is 2. The smallest absolute Gasteiger partial charge is 0.353 e. The van der Waals surface area contributed by atoms with Gasteiger partial charge in [0.25, 0.3) is 0 Å². The molecule has 0 radical (unpaired) electrons. The maximum Gasteiger partial charge on any atom is 0.353 e. The first kappa shape index (κ1) is 17.3. The van der Waals surface area contributed by atoms with Gasteiger partial charge in [-0.2, -0.15) is 0 Å². The molecule has 0 spiro atoms. The van der Waals surface area contributed by atoms with Gasteiger partial charge in [0.2, 0.25) is 11.6 Å². The van der Waals surface area contributed by atoms with Gasteiger partial charge in [0.1, 0.15) is 6.33 Å². The highest BCUT2D eigenvalue weighted by Crippen LogP contribution is 2.33. The van der Waals surface area contributed by atoms with E-state index in [0.717, 1.165) is 10.9 Å². The molecule has 3 aromatic heterocycles. The van der Waals surface area contributed by atoms with Gasteiger partial charge in [-0.1, -0.05) is 24.3 Å². The molecular formula is C19H15N7O2. The Bertz CT molecular complexity index is 1130. The number of hydrogen-bond acceptors (Lipinski definition) is 8. The second-order valence-electron chi connectivity index (χ2n) is 5.90. The molecule has 0 aliphatic rings. The van der Waals surface area contributed by atoms with Crippen LogP contribution < -0.4 is 10.6 Å². The lowest BCUT2D eigenvalue weighted by molar-refractivity contribution is -0.383.